The fourth-order valence-corrected chi connectivity index (χ4v) is 4.28. The van der Waals surface area contributed by atoms with Gasteiger partial charge in [0.2, 0.25) is 0 Å². The van der Waals surface area contributed by atoms with Crippen LogP contribution < -0.4 is 20.4 Å². The predicted octanol–water partition coefficient (Wildman–Crippen LogP) is 2.79. The lowest BCUT2D eigenvalue weighted by Gasteiger charge is -2.08. The molecular formula is C25H26N7O2+. The van der Waals surface area contributed by atoms with Crippen LogP contribution in [0.3, 0.4) is 0 Å². The molecule has 0 saturated heterocycles. The number of aromatic nitrogens is 5. The van der Waals surface area contributed by atoms with Crippen molar-refractivity contribution in [2.75, 3.05) is 12.8 Å². The highest BCUT2D eigenvalue weighted by atomic mass is 16.5. The van der Waals surface area contributed by atoms with Gasteiger partial charge in [-0.05, 0) is 30.7 Å². The smallest absolute Gasteiger partial charge is 0.277 e. The Hall–Kier alpha value is -4.40. The summed E-state index contributed by atoms with van der Waals surface area (Å²) in [6.07, 6.45) is 1.71. The van der Waals surface area contributed by atoms with Gasteiger partial charge in [-0.2, -0.15) is 0 Å². The van der Waals surface area contributed by atoms with Crippen LogP contribution in [0.4, 0.5) is 5.82 Å². The molecular weight excluding hydrogens is 430 g/mol. The quantitative estimate of drug-likeness (QED) is 0.326. The van der Waals surface area contributed by atoms with E-state index in [0.717, 1.165) is 29.2 Å². The number of H-pyrrole nitrogens is 1. The Kier molecular flexibility index (Phi) is 5.59. The Morgan fingerprint density at radius 3 is 2.76 bits per heavy atom. The van der Waals surface area contributed by atoms with E-state index >= 15 is 0 Å². The molecule has 0 atom stereocenters. The highest BCUT2D eigenvalue weighted by molar-refractivity contribution is 5.98. The zero-order valence-electron chi connectivity index (χ0n) is 19.1. The molecule has 9 heteroatoms. The second-order valence-corrected chi connectivity index (χ2v) is 7.94. The van der Waals surface area contributed by atoms with Gasteiger partial charge in [-0.1, -0.05) is 30.3 Å². The number of hydrogen-bond acceptors (Lipinski definition) is 5. The second-order valence-electron chi connectivity index (χ2n) is 7.94. The number of nitrogens with two attached hydrogens (primary N) is 1. The summed E-state index contributed by atoms with van der Waals surface area (Å²) < 4.78 is 9.87. The molecule has 5 rings (SSSR count). The summed E-state index contributed by atoms with van der Waals surface area (Å²) in [5.74, 6) is 1.46. The van der Waals surface area contributed by atoms with E-state index in [-0.39, 0.29) is 17.4 Å². The molecule has 3 aromatic heterocycles. The molecule has 0 saturated carbocycles. The Balaban J connectivity index is 1.53. The summed E-state index contributed by atoms with van der Waals surface area (Å²) in [6, 6.07) is 18.0. The number of ether oxygens (including phenoxy) is 1. The summed E-state index contributed by atoms with van der Waals surface area (Å²) in [7, 11) is 1.66. The van der Waals surface area contributed by atoms with Crippen LogP contribution in [0.1, 0.15) is 28.8 Å². The molecule has 2 aromatic carbocycles. The van der Waals surface area contributed by atoms with Crippen molar-refractivity contribution >= 4 is 33.9 Å². The highest BCUT2D eigenvalue weighted by Crippen LogP contribution is 2.22. The number of nitrogen functional groups attached to an aromatic ring is 1. The fraction of sp³-hybridized carbons (Fsp3) is 0.200. The molecule has 5 aromatic rings. The van der Waals surface area contributed by atoms with Crippen LogP contribution >= 0.6 is 0 Å². The minimum absolute atomic E-state index is 0.0883. The number of aryl methyl sites for hydroxylation is 1. The standard InChI is InChI=1S/C25H25N7O2/c1-3-31-20-13-17(34-2)9-10-19(20)32(15-16-7-5-4-6-8-16)21(31)14-28-25(33)22-23(26)30-24-18(29-22)11-12-27-24/h4-13H,3,14-15H2,1-2H3,(H3-,26,27,28,29,30,33)/p+1. The summed E-state index contributed by atoms with van der Waals surface area (Å²) in [5.41, 5.74) is 10.5. The lowest BCUT2D eigenvalue weighted by molar-refractivity contribution is -0.671. The number of benzene rings is 2. The molecule has 0 aliphatic carbocycles. The van der Waals surface area contributed by atoms with E-state index in [1.165, 1.54) is 5.56 Å². The average Bonchev–Trinajstić information content (AvgIpc) is 3.43. The number of hydrogen-bond donors (Lipinski definition) is 3. The van der Waals surface area contributed by atoms with Crippen molar-refractivity contribution in [3.63, 3.8) is 0 Å². The number of anilines is 1. The zero-order valence-corrected chi connectivity index (χ0v) is 19.1. The molecule has 0 unspecified atom stereocenters. The Bertz CT molecular complexity index is 1490. The Morgan fingerprint density at radius 2 is 2.00 bits per heavy atom. The van der Waals surface area contributed by atoms with Gasteiger partial charge in [0.25, 0.3) is 11.7 Å². The number of carbonyl (C=O) groups is 1. The van der Waals surface area contributed by atoms with Crippen molar-refractivity contribution in [2.24, 2.45) is 0 Å². The van der Waals surface area contributed by atoms with E-state index in [0.29, 0.717) is 24.3 Å². The first-order chi connectivity index (χ1) is 16.6. The van der Waals surface area contributed by atoms with Gasteiger partial charge >= 0.3 is 0 Å². The van der Waals surface area contributed by atoms with Gasteiger partial charge < -0.3 is 20.8 Å². The van der Waals surface area contributed by atoms with Crippen molar-refractivity contribution < 1.29 is 14.1 Å². The molecule has 0 aliphatic heterocycles. The minimum atomic E-state index is -0.371. The van der Waals surface area contributed by atoms with Crippen LogP contribution in [-0.4, -0.2) is 32.5 Å². The van der Waals surface area contributed by atoms with Crippen molar-refractivity contribution in [1.82, 2.24) is 24.8 Å². The number of carbonyl (C=O) groups excluding carboxylic acids is 1. The molecule has 172 valence electrons. The summed E-state index contributed by atoms with van der Waals surface area (Å²) in [5, 5.41) is 3.00. The zero-order chi connectivity index (χ0) is 23.7. The highest BCUT2D eigenvalue weighted by Gasteiger charge is 2.26. The number of imidazole rings is 1. The molecule has 34 heavy (non-hydrogen) atoms. The third-order valence-corrected chi connectivity index (χ3v) is 5.92. The number of nitrogens with one attached hydrogen (secondary N) is 2. The topological polar surface area (TPSA) is 115 Å². The molecule has 0 fully saturated rings. The van der Waals surface area contributed by atoms with E-state index in [1.807, 2.05) is 30.3 Å². The first-order valence-corrected chi connectivity index (χ1v) is 11.1. The maximum atomic E-state index is 13.0. The lowest BCUT2D eigenvalue weighted by Crippen LogP contribution is -2.41. The van der Waals surface area contributed by atoms with E-state index in [1.54, 1.807) is 19.4 Å². The molecule has 9 nitrogen and oxygen atoms in total. The van der Waals surface area contributed by atoms with Gasteiger partial charge in [0.1, 0.15) is 24.4 Å². The number of aromatic amines is 1. The summed E-state index contributed by atoms with van der Waals surface area (Å²) in [4.78, 5) is 24.6. The number of rotatable bonds is 7. The summed E-state index contributed by atoms with van der Waals surface area (Å²) >= 11 is 0. The van der Waals surface area contributed by atoms with Gasteiger partial charge in [-0.3, -0.25) is 4.79 Å². The van der Waals surface area contributed by atoms with Crippen molar-refractivity contribution in [3.8, 4) is 5.75 Å². The SMILES string of the molecule is CCn1c(CNC(=O)c2nc3cc[nH]c3nc2N)[n+](Cc2ccccc2)c2ccc(OC)cc21. The normalized spacial score (nSPS) is 11.2. The van der Waals surface area contributed by atoms with E-state index in [9.17, 15) is 4.79 Å². The lowest BCUT2D eigenvalue weighted by atomic mass is 10.2. The van der Waals surface area contributed by atoms with Crippen LogP contribution in [-0.2, 0) is 19.6 Å². The number of amides is 1. The van der Waals surface area contributed by atoms with Crippen LogP contribution in [0.2, 0.25) is 0 Å². The largest absolute Gasteiger partial charge is 0.497 e. The van der Waals surface area contributed by atoms with Gasteiger partial charge in [-0.15, -0.1) is 0 Å². The Morgan fingerprint density at radius 1 is 1.18 bits per heavy atom. The molecule has 0 spiro atoms. The van der Waals surface area contributed by atoms with Crippen molar-refractivity contribution in [2.45, 2.75) is 26.6 Å². The van der Waals surface area contributed by atoms with Gasteiger partial charge in [0.05, 0.1) is 13.7 Å². The fourth-order valence-electron chi connectivity index (χ4n) is 4.28. The first-order valence-electron chi connectivity index (χ1n) is 11.1. The monoisotopic (exact) mass is 456 g/mol. The molecule has 3 heterocycles. The van der Waals surface area contributed by atoms with Crippen molar-refractivity contribution in [3.05, 3.63) is 77.9 Å². The molecule has 0 bridgehead atoms. The van der Waals surface area contributed by atoms with Crippen LogP contribution in [0, 0.1) is 0 Å². The molecule has 1 amide bonds. The average molecular weight is 457 g/mol. The number of nitrogens with zero attached hydrogens (tertiary/aromatic N) is 4. The molecule has 4 N–H and O–H groups in total. The second kappa shape index (κ2) is 8.86. The number of methoxy groups -OCH3 is 1. The third kappa shape index (κ3) is 3.81. The Labute approximate surface area is 196 Å². The van der Waals surface area contributed by atoms with Crippen LogP contribution in [0.15, 0.2) is 60.8 Å². The van der Waals surface area contributed by atoms with Gasteiger partial charge in [-0.25, -0.2) is 19.1 Å². The van der Waals surface area contributed by atoms with E-state index in [2.05, 4.69) is 54.5 Å². The van der Waals surface area contributed by atoms with Crippen LogP contribution in [0.25, 0.3) is 22.2 Å². The van der Waals surface area contributed by atoms with Gasteiger partial charge in [0, 0.05) is 12.3 Å². The van der Waals surface area contributed by atoms with E-state index < -0.39 is 0 Å². The molecule has 0 radical (unpaired) electrons. The molecule has 0 aliphatic rings. The van der Waals surface area contributed by atoms with E-state index in [4.69, 9.17) is 10.5 Å². The predicted molar refractivity (Wildman–Crippen MR) is 129 cm³/mol. The minimum Gasteiger partial charge on any atom is -0.497 e. The van der Waals surface area contributed by atoms with Gasteiger partial charge in [0.15, 0.2) is 28.2 Å². The van der Waals surface area contributed by atoms with Crippen LogP contribution in [0.5, 0.6) is 5.75 Å². The first kappa shape index (κ1) is 21.4. The summed E-state index contributed by atoms with van der Waals surface area (Å²) in [6.45, 7) is 3.77. The maximum Gasteiger partial charge on any atom is 0.277 e. The third-order valence-electron chi connectivity index (χ3n) is 5.92. The maximum absolute atomic E-state index is 13.0. The number of fused-ring (bicyclic) bond motifs is 2. The van der Waals surface area contributed by atoms with Crippen molar-refractivity contribution in [1.29, 1.82) is 0 Å².